The lowest BCUT2D eigenvalue weighted by molar-refractivity contribution is -0.133. The van der Waals surface area contributed by atoms with Gasteiger partial charge >= 0.3 is 0 Å². The molecule has 2 unspecified atom stereocenters. The molecule has 0 saturated carbocycles. The molecule has 0 saturated heterocycles. The number of amides is 1. The summed E-state index contributed by atoms with van der Waals surface area (Å²) in [5, 5.41) is 3.49. The van der Waals surface area contributed by atoms with Gasteiger partial charge in [0.05, 0.1) is 13.2 Å². The molecule has 2 rings (SSSR count). The highest BCUT2D eigenvalue weighted by Gasteiger charge is 2.22. The number of ether oxygens (including phenoxy) is 1. The van der Waals surface area contributed by atoms with Gasteiger partial charge in [-0.25, -0.2) is 0 Å². The molecule has 140 valence electrons. The van der Waals surface area contributed by atoms with Crippen molar-refractivity contribution in [3.8, 4) is 5.75 Å². The molecular formula is C22H30N2O2. The van der Waals surface area contributed by atoms with Crippen molar-refractivity contribution < 1.29 is 9.53 Å². The maximum absolute atomic E-state index is 12.9. The number of methoxy groups -OCH3 is 1. The van der Waals surface area contributed by atoms with Crippen molar-refractivity contribution in [1.82, 2.24) is 10.2 Å². The van der Waals surface area contributed by atoms with Gasteiger partial charge in [-0.1, -0.05) is 49.4 Å². The van der Waals surface area contributed by atoms with Crippen LogP contribution < -0.4 is 10.1 Å². The second-order valence-corrected chi connectivity index (χ2v) is 6.46. The number of carbonyl (C=O) groups excluding carboxylic acids is 1. The smallest absolute Gasteiger partial charge is 0.239 e. The van der Waals surface area contributed by atoms with Gasteiger partial charge in [0, 0.05) is 19.1 Å². The van der Waals surface area contributed by atoms with Crippen molar-refractivity contribution in [3.63, 3.8) is 0 Å². The summed E-state index contributed by atoms with van der Waals surface area (Å²) in [7, 11) is 1.66. The predicted molar refractivity (Wildman–Crippen MR) is 106 cm³/mol. The molecule has 1 amide bonds. The molecule has 0 fully saturated rings. The molecule has 0 spiro atoms. The Morgan fingerprint density at radius 2 is 1.73 bits per heavy atom. The first-order valence-electron chi connectivity index (χ1n) is 9.31. The highest BCUT2D eigenvalue weighted by molar-refractivity contribution is 5.81. The molecule has 0 heterocycles. The second-order valence-electron chi connectivity index (χ2n) is 6.46. The number of hydrogen-bond donors (Lipinski definition) is 1. The third-order valence-corrected chi connectivity index (χ3v) is 4.66. The quantitative estimate of drug-likeness (QED) is 0.735. The fraction of sp³-hybridized carbons (Fsp3) is 0.409. The number of likely N-dealkylation sites (N-methyl/N-ethyl adjacent to an activating group) is 1. The summed E-state index contributed by atoms with van der Waals surface area (Å²) in [5.74, 6) is 0.969. The number of hydrogen-bond acceptors (Lipinski definition) is 3. The van der Waals surface area contributed by atoms with Gasteiger partial charge < -0.3 is 9.64 Å². The summed E-state index contributed by atoms with van der Waals surface area (Å²) >= 11 is 0. The number of nitrogens with zero attached hydrogens (tertiary/aromatic N) is 1. The van der Waals surface area contributed by atoms with Crippen molar-refractivity contribution in [2.75, 3.05) is 13.7 Å². The zero-order chi connectivity index (χ0) is 18.9. The monoisotopic (exact) mass is 354 g/mol. The molecule has 1 N–H and O–H groups in total. The molecule has 0 aliphatic carbocycles. The van der Waals surface area contributed by atoms with Crippen molar-refractivity contribution in [2.24, 2.45) is 0 Å². The third kappa shape index (κ3) is 5.33. The van der Waals surface area contributed by atoms with Gasteiger partial charge in [-0.3, -0.25) is 10.1 Å². The summed E-state index contributed by atoms with van der Waals surface area (Å²) in [5.41, 5.74) is 2.32. The molecular weight excluding hydrogens is 324 g/mol. The third-order valence-electron chi connectivity index (χ3n) is 4.66. The van der Waals surface area contributed by atoms with Crippen LogP contribution in [0, 0.1) is 0 Å². The maximum Gasteiger partial charge on any atom is 0.239 e. The lowest BCUT2D eigenvalue weighted by Crippen LogP contribution is -2.45. The van der Waals surface area contributed by atoms with Crippen LogP contribution >= 0.6 is 0 Å². The Morgan fingerprint density at radius 1 is 1.08 bits per heavy atom. The van der Waals surface area contributed by atoms with E-state index >= 15 is 0 Å². The largest absolute Gasteiger partial charge is 0.497 e. The van der Waals surface area contributed by atoms with Gasteiger partial charge in [-0.2, -0.15) is 0 Å². The normalized spacial score (nSPS) is 13.1. The van der Waals surface area contributed by atoms with Gasteiger partial charge in [0.2, 0.25) is 5.91 Å². The lowest BCUT2D eigenvalue weighted by Gasteiger charge is -2.28. The minimum absolute atomic E-state index is 0.128. The fourth-order valence-corrected chi connectivity index (χ4v) is 3.08. The number of carbonyl (C=O) groups is 1. The highest BCUT2D eigenvalue weighted by Crippen LogP contribution is 2.21. The number of benzene rings is 2. The zero-order valence-corrected chi connectivity index (χ0v) is 16.2. The van der Waals surface area contributed by atoms with E-state index in [1.54, 1.807) is 7.11 Å². The Balaban J connectivity index is 2.02. The van der Waals surface area contributed by atoms with E-state index in [2.05, 4.69) is 36.5 Å². The van der Waals surface area contributed by atoms with E-state index in [0.717, 1.165) is 17.7 Å². The minimum atomic E-state index is -0.245. The molecule has 26 heavy (non-hydrogen) atoms. The van der Waals surface area contributed by atoms with E-state index in [1.165, 1.54) is 5.56 Å². The van der Waals surface area contributed by atoms with Gasteiger partial charge in [0.1, 0.15) is 5.75 Å². The van der Waals surface area contributed by atoms with Crippen LogP contribution in [-0.2, 0) is 11.3 Å². The Kier molecular flexibility index (Phi) is 7.67. The van der Waals surface area contributed by atoms with E-state index in [9.17, 15) is 4.79 Å². The first kappa shape index (κ1) is 20.0. The first-order chi connectivity index (χ1) is 12.6. The van der Waals surface area contributed by atoms with Crippen LogP contribution in [-0.4, -0.2) is 30.5 Å². The topological polar surface area (TPSA) is 41.6 Å². The van der Waals surface area contributed by atoms with Crippen molar-refractivity contribution in [2.45, 2.75) is 45.8 Å². The average molecular weight is 354 g/mol. The molecule has 0 aromatic heterocycles. The Hall–Kier alpha value is -2.33. The molecule has 0 aliphatic heterocycles. The Morgan fingerprint density at radius 3 is 2.27 bits per heavy atom. The van der Waals surface area contributed by atoms with E-state index in [1.807, 2.05) is 49.1 Å². The molecule has 2 aromatic carbocycles. The van der Waals surface area contributed by atoms with Crippen molar-refractivity contribution in [3.05, 3.63) is 65.7 Å². The first-order valence-corrected chi connectivity index (χ1v) is 9.31. The predicted octanol–water partition coefficient (Wildman–Crippen LogP) is 4.17. The molecule has 4 heteroatoms. The minimum Gasteiger partial charge on any atom is -0.497 e. The van der Waals surface area contributed by atoms with E-state index in [4.69, 9.17) is 4.74 Å². The molecule has 0 bridgehead atoms. The summed E-state index contributed by atoms with van der Waals surface area (Å²) < 4.78 is 5.22. The molecule has 0 aliphatic rings. The molecule has 0 radical (unpaired) electrons. The van der Waals surface area contributed by atoms with Gasteiger partial charge in [-0.05, 0) is 43.5 Å². The van der Waals surface area contributed by atoms with Crippen LogP contribution in [0.1, 0.15) is 44.4 Å². The van der Waals surface area contributed by atoms with Crippen molar-refractivity contribution in [1.29, 1.82) is 0 Å². The Labute approximate surface area is 157 Å². The summed E-state index contributed by atoms with van der Waals surface area (Å²) in [6, 6.07) is 18.0. The molecule has 2 aromatic rings. The number of rotatable bonds is 9. The zero-order valence-electron chi connectivity index (χ0n) is 16.2. The summed E-state index contributed by atoms with van der Waals surface area (Å²) in [4.78, 5) is 14.8. The van der Waals surface area contributed by atoms with Crippen LogP contribution in [0.5, 0.6) is 5.75 Å². The number of nitrogens with one attached hydrogen (secondary N) is 1. The van der Waals surface area contributed by atoms with Crippen LogP contribution in [0.4, 0.5) is 0 Å². The van der Waals surface area contributed by atoms with Crippen LogP contribution in [0.25, 0.3) is 0 Å². The maximum atomic E-state index is 12.9. The van der Waals surface area contributed by atoms with Crippen LogP contribution in [0.3, 0.4) is 0 Å². The van der Waals surface area contributed by atoms with Crippen LogP contribution in [0.2, 0.25) is 0 Å². The molecule has 4 nitrogen and oxygen atoms in total. The van der Waals surface area contributed by atoms with E-state index < -0.39 is 0 Å². The van der Waals surface area contributed by atoms with Gasteiger partial charge in [0.25, 0.3) is 0 Å². The second kappa shape index (κ2) is 9.97. The SMILES string of the molecule is CCC(NC(C)C(=O)N(CC)Cc1ccccc1)c1ccc(OC)cc1. The van der Waals surface area contributed by atoms with E-state index in [-0.39, 0.29) is 18.0 Å². The van der Waals surface area contributed by atoms with Crippen molar-refractivity contribution >= 4 is 5.91 Å². The van der Waals surface area contributed by atoms with Gasteiger partial charge in [-0.15, -0.1) is 0 Å². The van der Waals surface area contributed by atoms with Gasteiger partial charge in [0.15, 0.2) is 0 Å². The van der Waals surface area contributed by atoms with Crippen LogP contribution in [0.15, 0.2) is 54.6 Å². The Bertz CT molecular complexity index is 670. The molecule has 2 atom stereocenters. The summed E-state index contributed by atoms with van der Waals surface area (Å²) in [6.07, 6.45) is 0.911. The average Bonchev–Trinajstić information content (AvgIpc) is 2.70. The highest BCUT2D eigenvalue weighted by atomic mass is 16.5. The lowest BCUT2D eigenvalue weighted by atomic mass is 10.0. The van der Waals surface area contributed by atoms with E-state index in [0.29, 0.717) is 13.1 Å². The standard InChI is InChI=1S/C22H30N2O2/c1-5-21(19-12-14-20(26-4)15-13-19)23-17(3)22(25)24(6-2)16-18-10-8-7-9-11-18/h7-15,17,21,23H,5-6,16H2,1-4H3. The summed E-state index contributed by atoms with van der Waals surface area (Å²) in [6.45, 7) is 7.43. The fourth-order valence-electron chi connectivity index (χ4n) is 3.08.